The summed E-state index contributed by atoms with van der Waals surface area (Å²) < 4.78 is 18.5. The number of carbonyl (C=O) groups is 1. The number of rotatable bonds is 8. The highest BCUT2D eigenvalue weighted by atomic mass is 19.1. The number of nitrogens with one attached hydrogen (secondary N) is 2. The predicted octanol–water partition coefficient (Wildman–Crippen LogP) is 5.37. The van der Waals surface area contributed by atoms with Gasteiger partial charge >= 0.3 is 0 Å². The lowest BCUT2D eigenvalue weighted by molar-refractivity contribution is -0.121. The number of aromatic amines is 1. The fraction of sp³-hybridized carbons (Fsp3) is 0.192. The third-order valence-corrected chi connectivity index (χ3v) is 5.37. The number of fused-ring (bicyclic) bond motifs is 1. The zero-order valence-corrected chi connectivity index (χ0v) is 17.5. The van der Waals surface area contributed by atoms with E-state index in [1.165, 1.54) is 12.1 Å². The Morgan fingerprint density at radius 3 is 2.42 bits per heavy atom. The Balaban J connectivity index is 1.45. The van der Waals surface area contributed by atoms with Gasteiger partial charge in [-0.1, -0.05) is 42.5 Å². The number of H-pyrrole nitrogens is 1. The molecule has 158 valence electrons. The van der Waals surface area contributed by atoms with Crippen molar-refractivity contribution in [1.29, 1.82) is 0 Å². The standard InChI is InChI=1S/C26H25FN2O2/c1-31-17-19-8-6-18(7-9-19)16-28-25(30)15-14-23-22-4-2-3-5-24(22)29-26(23)20-10-12-21(27)13-11-20/h2-13,29H,14-17H2,1H3,(H,28,30). The third-order valence-electron chi connectivity index (χ3n) is 5.37. The number of amides is 1. The van der Waals surface area contributed by atoms with Gasteiger partial charge in [-0.25, -0.2) is 4.39 Å². The van der Waals surface area contributed by atoms with Crippen molar-refractivity contribution in [1.82, 2.24) is 10.3 Å². The highest BCUT2D eigenvalue weighted by Crippen LogP contribution is 2.31. The molecule has 31 heavy (non-hydrogen) atoms. The number of aromatic nitrogens is 1. The normalized spacial score (nSPS) is 11.0. The molecule has 4 nitrogen and oxygen atoms in total. The number of halogens is 1. The van der Waals surface area contributed by atoms with Crippen LogP contribution < -0.4 is 5.32 Å². The number of hydrogen-bond acceptors (Lipinski definition) is 2. The molecule has 0 atom stereocenters. The lowest BCUT2D eigenvalue weighted by atomic mass is 10.0. The van der Waals surface area contributed by atoms with Crippen molar-refractivity contribution in [3.8, 4) is 11.3 Å². The van der Waals surface area contributed by atoms with Crippen LogP contribution >= 0.6 is 0 Å². The third kappa shape index (κ3) is 5.01. The molecule has 0 radical (unpaired) electrons. The Labute approximate surface area is 181 Å². The van der Waals surface area contributed by atoms with E-state index in [9.17, 15) is 9.18 Å². The highest BCUT2D eigenvalue weighted by Gasteiger charge is 2.14. The number of hydrogen-bond donors (Lipinski definition) is 2. The second-order valence-electron chi connectivity index (χ2n) is 7.56. The van der Waals surface area contributed by atoms with E-state index in [-0.39, 0.29) is 11.7 Å². The highest BCUT2D eigenvalue weighted by molar-refractivity contribution is 5.91. The maximum Gasteiger partial charge on any atom is 0.220 e. The lowest BCUT2D eigenvalue weighted by Crippen LogP contribution is -2.23. The molecular weight excluding hydrogens is 391 g/mol. The molecule has 0 spiro atoms. The van der Waals surface area contributed by atoms with Crippen LogP contribution in [-0.4, -0.2) is 18.0 Å². The Bertz CT molecular complexity index is 1160. The van der Waals surface area contributed by atoms with Gasteiger partial charge in [0.05, 0.1) is 6.61 Å². The minimum Gasteiger partial charge on any atom is -0.380 e. The van der Waals surface area contributed by atoms with Gasteiger partial charge in [0.2, 0.25) is 5.91 Å². The summed E-state index contributed by atoms with van der Waals surface area (Å²) in [6.45, 7) is 1.07. The van der Waals surface area contributed by atoms with E-state index in [0.29, 0.717) is 26.0 Å². The van der Waals surface area contributed by atoms with Crippen molar-refractivity contribution in [3.63, 3.8) is 0 Å². The van der Waals surface area contributed by atoms with E-state index < -0.39 is 0 Å². The first-order valence-electron chi connectivity index (χ1n) is 10.3. The van der Waals surface area contributed by atoms with Crippen LogP contribution in [-0.2, 0) is 29.1 Å². The lowest BCUT2D eigenvalue weighted by Gasteiger charge is -2.08. The summed E-state index contributed by atoms with van der Waals surface area (Å²) in [5, 5.41) is 4.08. The fourth-order valence-electron chi connectivity index (χ4n) is 3.77. The van der Waals surface area contributed by atoms with Crippen LogP contribution in [0.5, 0.6) is 0 Å². The van der Waals surface area contributed by atoms with Gasteiger partial charge in [-0.2, -0.15) is 0 Å². The van der Waals surface area contributed by atoms with E-state index in [1.54, 1.807) is 19.2 Å². The van der Waals surface area contributed by atoms with Gasteiger partial charge in [0.25, 0.3) is 0 Å². The molecule has 0 saturated carbocycles. The number of carbonyl (C=O) groups excluding carboxylic acids is 1. The first-order chi connectivity index (χ1) is 15.1. The smallest absolute Gasteiger partial charge is 0.220 e. The Morgan fingerprint density at radius 2 is 1.68 bits per heavy atom. The maximum atomic E-state index is 13.4. The van der Waals surface area contributed by atoms with Gasteiger partial charge < -0.3 is 15.0 Å². The minimum atomic E-state index is -0.268. The monoisotopic (exact) mass is 416 g/mol. The van der Waals surface area contributed by atoms with E-state index >= 15 is 0 Å². The van der Waals surface area contributed by atoms with Gasteiger partial charge in [0.1, 0.15) is 5.82 Å². The van der Waals surface area contributed by atoms with E-state index in [0.717, 1.165) is 38.9 Å². The number of para-hydroxylation sites is 1. The number of methoxy groups -OCH3 is 1. The summed E-state index contributed by atoms with van der Waals surface area (Å²) in [5.74, 6) is -0.271. The van der Waals surface area contributed by atoms with E-state index in [2.05, 4.69) is 10.3 Å². The minimum absolute atomic E-state index is 0.00342. The molecule has 0 unspecified atom stereocenters. The maximum absolute atomic E-state index is 13.4. The SMILES string of the molecule is COCc1ccc(CNC(=O)CCc2c(-c3ccc(F)cc3)[nH]c3ccccc23)cc1. The average molecular weight is 416 g/mol. The summed E-state index contributed by atoms with van der Waals surface area (Å²) >= 11 is 0. The van der Waals surface area contributed by atoms with Crippen molar-refractivity contribution in [2.75, 3.05) is 7.11 Å². The quantitative estimate of drug-likeness (QED) is 0.406. The van der Waals surface area contributed by atoms with Crippen molar-refractivity contribution >= 4 is 16.8 Å². The summed E-state index contributed by atoms with van der Waals surface area (Å²) in [7, 11) is 1.67. The van der Waals surface area contributed by atoms with E-state index in [1.807, 2.05) is 48.5 Å². The Morgan fingerprint density at radius 1 is 0.968 bits per heavy atom. The van der Waals surface area contributed by atoms with Crippen molar-refractivity contribution in [2.45, 2.75) is 26.0 Å². The first kappa shape index (κ1) is 20.8. The van der Waals surface area contributed by atoms with Crippen molar-refractivity contribution < 1.29 is 13.9 Å². The van der Waals surface area contributed by atoms with Crippen LogP contribution in [0.1, 0.15) is 23.1 Å². The number of aryl methyl sites for hydroxylation is 1. The molecular formula is C26H25FN2O2. The van der Waals surface area contributed by atoms with Crippen LogP contribution in [0.4, 0.5) is 4.39 Å². The van der Waals surface area contributed by atoms with Crippen LogP contribution in [0.3, 0.4) is 0 Å². The fourth-order valence-corrected chi connectivity index (χ4v) is 3.77. The predicted molar refractivity (Wildman–Crippen MR) is 121 cm³/mol. The molecule has 0 aliphatic carbocycles. The molecule has 3 aromatic carbocycles. The molecule has 1 heterocycles. The largest absolute Gasteiger partial charge is 0.380 e. The van der Waals surface area contributed by atoms with Gasteiger partial charge in [0, 0.05) is 36.7 Å². The molecule has 0 fully saturated rings. The van der Waals surface area contributed by atoms with E-state index in [4.69, 9.17) is 4.74 Å². The summed E-state index contributed by atoms with van der Waals surface area (Å²) in [6.07, 6.45) is 0.965. The van der Waals surface area contributed by atoms with Crippen LogP contribution in [0.15, 0.2) is 72.8 Å². The molecule has 0 bridgehead atoms. The topological polar surface area (TPSA) is 54.1 Å². The van der Waals surface area contributed by atoms with Crippen molar-refractivity contribution in [3.05, 3.63) is 95.3 Å². The van der Waals surface area contributed by atoms with Crippen LogP contribution in [0, 0.1) is 5.82 Å². The summed E-state index contributed by atoms with van der Waals surface area (Å²) in [5.41, 5.74) is 6.07. The Kier molecular flexibility index (Phi) is 6.43. The molecule has 5 heteroatoms. The number of benzene rings is 3. The van der Waals surface area contributed by atoms with Gasteiger partial charge in [-0.3, -0.25) is 4.79 Å². The summed E-state index contributed by atoms with van der Waals surface area (Å²) in [6, 6.07) is 22.5. The molecule has 4 rings (SSSR count). The first-order valence-corrected chi connectivity index (χ1v) is 10.3. The molecule has 1 amide bonds. The molecule has 0 aliphatic heterocycles. The molecule has 2 N–H and O–H groups in total. The Hall–Kier alpha value is -3.44. The summed E-state index contributed by atoms with van der Waals surface area (Å²) in [4.78, 5) is 16.0. The molecule has 1 aromatic heterocycles. The zero-order chi connectivity index (χ0) is 21.6. The second-order valence-corrected chi connectivity index (χ2v) is 7.56. The zero-order valence-electron chi connectivity index (χ0n) is 17.5. The average Bonchev–Trinajstić information content (AvgIpc) is 3.16. The molecule has 0 saturated heterocycles. The second kappa shape index (κ2) is 9.58. The van der Waals surface area contributed by atoms with Crippen LogP contribution in [0.2, 0.25) is 0 Å². The molecule has 4 aromatic rings. The van der Waals surface area contributed by atoms with Crippen molar-refractivity contribution in [2.24, 2.45) is 0 Å². The van der Waals surface area contributed by atoms with Gasteiger partial charge in [-0.05, 0) is 59.0 Å². The van der Waals surface area contributed by atoms with Gasteiger partial charge in [0.15, 0.2) is 0 Å². The number of ether oxygens (including phenoxy) is 1. The van der Waals surface area contributed by atoms with Crippen LogP contribution in [0.25, 0.3) is 22.2 Å². The van der Waals surface area contributed by atoms with Gasteiger partial charge in [-0.15, -0.1) is 0 Å². The molecule has 0 aliphatic rings.